The molecular formula is C13H20O8. The van der Waals surface area contributed by atoms with Crippen LogP contribution in [0.2, 0.25) is 0 Å². The van der Waals surface area contributed by atoms with Crippen molar-refractivity contribution in [2.75, 3.05) is 6.61 Å². The Hall–Kier alpha value is -1.67. The van der Waals surface area contributed by atoms with E-state index in [0.717, 1.165) is 0 Å². The Kier molecular flexibility index (Phi) is 6.10. The lowest BCUT2D eigenvalue weighted by molar-refractivity contribution is -0.285. The summed E-state index contributed by atoms with van der Waals surface area (Å²) in [5.74, 6) is -2.31. The monoisotopic (exact) mass is 304 g/mol. The molecule has 1 N–H and O–H groups in total. The summed E-state index contributed by atoms with van der Waals surface area (Å²) in [6.07, 6.45) is -3.94. The number of aliphatic hydroxyl groups excluding tert-OH is 1. The predicted molar refractivity (Wildman–Crippen MR) is 67.8 cm³/mol. The largest absolute Gasteiger partial charge is 0.458 e. The summed E-state index contributed by atoms with van der Waals surface area (Å²) in [4.78, 5) is 33.6. The van der Waals surface area contributed by atoms with Crippen LogP contribution in [0.15, 0.2) is 0 Å². The highest BCUT2D eigenvalue weighted by molar-refractivity contribution is 5.68. The summed E-state index contributed by atoms with van der Waals surface area (Å²) in [6, 6.07) is 0. The summed E-state index contributed by atoms with van der Waals surface area (Å²) in [7, 11) is 0. The fourth-order valence-electron chi connectivity index (χ4n) is 2.19. The number of ether oxygens (including phenoxy) is 4. The molecule has 1 aliphatic heterocycles. The van der Waals surface area contributed by atoms with E-state index in [1.54, 1.807) is 6.92 Å². The molecule has 1 saturated heterocycles. The molecule has 5 atom stereocenters. The van der Waals surface area contributed by atoms with Crippen LogP contribution in [0.1, 0.15) is 27.7 Å². The first kappa shape index (κ1) is 17.4. The van der Waals surface area contributed by atoms with Crippen molar-refractivity contribution in [3.63, 3.8) is 0 Å². The van der Waals surface area contributed by atoms with E-state index in [-0.39, 0.29) is 6.61 Å². The smallest absolute Gasteiger partial charge is 0.305 e. The molecular weight excluding hydrogens is 284 g/mol. The van der Waals surface area contributed by atoms with E-state index in [9.17, 15) is 19.5 Å². The molecule has 0 aliphatic carbocycles. The Morgan fingerprint density at radius 3 is 1.86 bits per heavy atom. The highest BCUT2D eigenvalue weighted by Crippen LogP contribution is 2.31. The van der Waals surface area contributed by atoms with Crippen molar-refractivity contribution in [2.45, 2.75) is 52.3 Å². The van der Waals surface area contributed by atoms with Crippen molar-refractivity contribution in [3.05, 3.63) is 0 Å². The molecule has 8 nitrogen and oxygen atoms in total. The Morgan fingerprint density at radius 2 is 1.43 bits per heavy atom. The van der Waals surface area contributed by atoms with Crippen molar-refractivity contribution in [3.8, 4) is 0 Å². The first-order valence-electron chi connectivity index (χ1n) is 6.54. The molecule has 1 aliphatic rings. The highest BCUT2D eigenvalue weighted by atomic mass is 16.7. The van der Waals surface area contributed by atoms with Gasteiger partial charge in [0, 0.05) is 26.7 Å². The predicted octanol–water partition coefficient (Wildman–Crippen LogP) is -0.234. The minimum atomic E-state index is -1.25. The van der Waals surface area contributed by atoms with Gasteiger partial charge in [-0.1, -0.05) is 6.92 Å². The molecule has 0 radical (unpaired) electrons. The molecule has 120 valence electrons. The summed E-state index contributed by atoms with van der Waals surface area (Å²) in [5, 5.41) is 9.32. The lowest BCUT2D eigenvalue weighted by atomic mass is 9.90. The lowest BCUT2D eigenvalue weighted by Crippen LogP contribution is -2.58. The minimum Gasteiger partial charge on any atom is -0.458 e. The summed E-state index contributed by atoms with van der Waals surface area (Å²) >= 11 is 0. The van der Waals surface area contributed by atoms with E-state index in [0.29, 0.717) is 0 Å². The molecule has 0 amide bonds. The zero-order valence-corrected chi connectivity index (χ0v) is 12.4. The van der Waals surface area contributed by atoms with Crippen LogP contribution in [0.4, 0.5) is 0 Å². The molecule has 8 heteroatoms. The van der Waals surface area contributed by atoms with Gasteiger partial charge in [0.1, 0.15) is 6.10 Å². The van der Waals surface area contributed by atoms with Gasteiger partial charge in [0.15, 0.2) is 0 Å². The second kappa shape index (κ2) is 7.37. The Balaban J connectivity index is 3.05. The molecule has 1 rings (SSSR count). The molecule has 0 aromatic carbocycles. The molecule has 0 saturated carbocycles. The van der Waals surface area contributed by atoms with Crippen LogP contribution in [0.5, 0.6) is 0 Å². The minimum absolute atomic E-state index is 0.358. The van der Waals surface area contributed by atoms with Gasteiger partial charge >= 0.3 is 17.9 Å². The van der Waals surface area contributed by atoms with Gasteiger partial charge in [0.2, 0.25) is 12.4 Å². The molecule has 1 fully saturated rings. The van der Waals surface area contributed by atoms with Gasteiger partial charge in [0.25, 0.3) is 0 Å². The van der Waals surface area contributed by atoms with Gasteiger partial charge in [-0.15, -0.1) is 0 Å². The number of hydrogen-bond donors (Lipinski definition) is 1. The van der Waals surface area contributed by atoms with E-state index in [1.165, 1.54) is 20.8 Å². The van der Waals surface area contributed by atoms with Gasteiger partial charge < -0.3 is 24.1 Å². The zero-order valence-electron chi connectivity index (χ0n) is 12.4. The number of esters is 3. The third kappa shape index (κ3) is 4.68. The number of carbonyl (C=O) groups excluding carboxylic acids is 3. The van der Waals surface area contributed by atoms with Crippen molar-refractivity contribution < 1.29 is 38.4 Å². The Labute approximate surface area is 122 Å². The van der Waals surface area contributed by atoms with Crippen LogP contribution in [0.25, 0.3) is 0 Å². The molecule has 0 unspecified atom stereocenters. The Morgan fingerprint density at radius 1 is 0.952 bits per heavy atom. The van der Waals surface area contributed by atoms with E-state index < -0.39 is 48.4 Å². The fraction of sp³-hybridized carbons (Fsp3) is 0.769. The van der Waals surface area contributed by atoms with Crippen LogP contribution in [-0.4, -0.2) is 54.2 Å². The van der Waals surface area contributed by atoms with Gasteiger partial charge in [-0.25, -0.2) is 0 Å². The van der Waals surface area contributed by atoms with Gasteiger partial charge in [0.05, 0.1) is 12.7 Å². The van der Waals surface area contributed by atoms with Crippen molar-refractivity contribution >= 4 is 17.9 Å². The van der Waals surface area contributed by atoms with Crippen molar-refractivity contribution in [1.82, 2.24) is 0 Å². The normalized spacial score (nSPS) is 32.1. The maximum atomic E-state index is 11.2. The van der Waals surface area contributed by atoms with Crippen LogP contribution < -0.4 is 0 Å². The third-order valence-electron chi connectivity index (χ3n) is 3.07. The van der Waals surface area contributed by atoms with Crippen LogP contribution >= 0.6 is 0 Å². The molecule has 0 aromatic rings. The van der Waals surface area contributed by atoms with Gasteiger partial charge in [-0.05, 0) is 0 Å². The zero-order chi connectivity index (χ0) is 16.2. The number of carbonyl (C=O) groups is 3. The standard InChI is InChI=1S/C13H20O8/c1-6-10(5-14)21-13(20-9(4)17)12(19-8(3)16)11(6)18-7(2)15/h6,10-14H,5H2,1-4H3/t6-,10-,11+,12-,13+/m1/s1. The fourth-order valence-corrected chi connectivity index (χ4v) is 2.19. The second-order valence-corrected chi connectivity index (χ2v) is 4.84. The first-order valence-corrected chi connectivity index (χ1v) is 6.54. The SMILES string of the molecule is CC(=O)O[C@H]1O[C@H](CO)[C@@H](C)[C@H](OC(C)=O)[C@H]1OC(C)=O. The van der Waals surface area contributed by atoms with Crippen molar-refractivity contribution in [2.24, 2.45) is 5.92 Å². The van der Waals surface area contributed by atoms with Gasteiger partial charge in [-0.2, -0.15) is 0 Å². The average molecular weight is 304 g/mol. The quantitative estimate of drug-likeness (QED) is 0.560. The Bertz CT molecular complexity index is 407. The number of aliphatic hydroxyl groups is 1. The maximum Gasteiger partial charge on any atom is 0.305 e. The summed E-state index contributed by atoms with van der Waals surface area (Å²) < 4.78 is 20.6. The third-order valence-corrected chi connectivity index (χ3v) is 3.07. The van der Waals surface area contributed by atoms with E-state index in [2.05, 4.69) is 0 Å². The first-order chi connectivity index (χ1) is 9.76. The van der Waals surface area contributed by atoms with E-state index in [1.807, 2.05) is 0 Å². The topological polar surface area (TPSA) is 108 Å². The van der Waals surface area contributed by atoms with Crippen molar-refractivity contribution in [1.29, 1.82) is 0 Å². The molecule has 0 aromatic heterocycles. The summed E-state index contributed by atoms with van der Waals surface area (Å²) in [5.41, 5.74) is 0. The van der Waals surface area contributed by atoms with Gasteiger partial charge in [-0.3, -0.25) is 14.4 Å². The molecule has 21 heavy (non-hydrogen) atoms. The molecule has 0 bridgehead atoms. The maximum absolute atomic E-state index is 11.2. The highest BCUT2D eigenvalue weighted by Gasteiger charge is 2.49. The van der Waals surface area contributed by atoms with E-state index >= 15 is 0 Å². The number of rotatable bonds is 4. The molecule has 1 heterocycles. The van der Waals surface area contributed by atoms with Crippen LogP contribution in [0.3, 0.4) is 0 Å². The van der Waals surface area contributed by atoms with Crippen LogP contribution in [-0.2, 0) is 33.3 Å². The van der Waals surface area contributed by atoms with E-state index in [4.69, 9.17) is 18.9 Å². The molecule has 0 spiro atoms. The average Bonchev–Trinajstić information content (AvgIpc) is 2.35. The lowest BCUT2D eigenvalue weighted by Gasteiger charge is -2.42. The van der Waals surface area contributed by atoms with Crippen LogP contribution in [0, 0.1) is 5.92 Å². The second-order valence-electron chi connectivity index (χ2n) is 4.84. The summed E-state index contributed by atoms with van der Waals surface area (Å²) in [6.45, 7) is 4.87. The number of hydrogen-bond acceptors (Lipinski definition) is 8.